The van der Waals surface area contributed by atoms with E-state index in [0.29, 0.717) is 23.0 Å². The first-order valence-corrected chi connectivity index (χ1v) is 1.22. The maximum absolute atomic E-state index is 8.30. The molecule has 0 bridgehead atoms. The minimum atomic E-state index is 0. The summed E-state index contributed by atoms with van der Waals surface area (Å²) in [7, 11) is 0. The Morgan fingerprint density at radius 3 is 0.800 bits per heavy atom. The van der Waals surface area contributed by atoms with Crippen molar-refractivity contribution in [3.8, 4) is 0 Å². The van der Waals surface area contributed by atoms with E-state index in [4.69, 9.17) is 3.02 Å². The third kappa shape index (κ3) is 113. The molecule has 4 nitrogen and oxygen atoms in total. The molecule has 0 atom stereocenters. The monoisotopic (exact) mass is 185 g/mol. The fraction of sp³-hybridized carbons (Fsp3) is 0. The average molecular weight is 186 g/mol. The van der Waals surface area contributed by atoms with Crippen molar-refractivity contribution in [2.75, 3.05) is 0 Å². The number of rotatable bonds is 0. The Bertz CT molecular complexity index is 6.85. The Kier molecular flexibility index (Phi) is 2200. The van der Waals surface area contributed by atoms with Crippen LogP contribution in [-0.4, -0.2) is 23.0 Å². The summed E-state index contributed by atoms with van der Waals surface area (Å²) in [5.74, 6) is 0. The molecular formula is H6N3OSb-3. The molecule has 0 fully saturated rings. The third-order valence-electron chi connectivity index (χ3n) is 0. The van der Waals surface area contributed by atoms with E-state index in [1.54, 1.807) is 0 Å². The van der Waals surface area contributed by atoms with Gasteiger partial charge in [0.25, 0.3) is 0 Å². The van der Waals surface area contributed by atoms with Crippen LogP contribution < -0.4 is 0 Å². The van der Waals surface area contributed by atoms with Gasteiger partial charge in [-0.25, -0.2) is 0 Å². The molecule has 6 N–H and O–H groups in total. The van der Waals surface area contributed by atoms with Crippen molar-refractivity contribution < 1.29 is 3.02 Å². The fourth-order valence-corrected chi connectivity index (χ4v) is 0. The fourth-order valence-electron chi connectivity index (χ4n) is 0. The molecule has 0 aliphatic rings. The van der Waals surface area contributed by atoms with Gasteiger partial charge in [-0.15, -0.1) is 0 Å². The predicted molar refractivity (Wildman–Crippen MR) is 22.3 cm³/mol. The van der Waals surface area contributed by atoms with Crippen molar-refractivity contribution in [3.63, 3.8) is 0 Å². The molecule has 0 aliphatic heterocycles. The summed E-state index contributed by atoms with van der Waals surface area (Å²) in [5, 5.41) is 0. The topological polar surface area (TPSA) is 118 Å². The molecule has 5 heavy (non-hydrogen) atoms. The molecule has 0 heterocycles. The van der Waals surface area contributed by atoms with Gasteiger partial charge in [-0.2, -0.15) is 0 Å². The Hall–Kier alpha value is 0.498. The van der Waals surface area contributed by atoms with Crippen molar-refractivity contribution in [1.82, 2.24) is 0 Å². The Morgan fingerprint density at radius 1 is 0.800 bits per heavy atom. The van der Waals surface area contributed by atoms with Gasteiger partial charge < -0.3 is 18.5 Å². The van der Waals surface area contributed by atoms with Crippen LogP contribution in [0.15, 0.2) is 0 Å². The summed E-state index contributed by atoms with van der Waals surface area (Å²) in [4.78, 5) is 0. The van der Waals surface area contributed by atoms with Gasteiger partial charge in [-0.1, -0.05) is 0 Å². The van der Waals surface area contributed by atoms with Crippen LogP contribution in [0.3, 0.4) is 0 Å². The molecule has 0 saturated heterocycles. The van der Waals surface area contributed by atoms with E-state index in [9.17, 15) is 0 Å². The van der Waals surface area contributed by atoms with Gasteiger partial charge >= 0.3 is 26.0 Å². The molecule has 0 aliphatic carbocycles. The molecule has 0 rings (SSSR count). The summed E-state index contributed by atoms with van der Waals surface area (Å²) < 4.78 is 8.30. The first-order valence-electron chi connectivity index (χ1n) is 0.183. The summed E-state index contributed by atoms with van der Waals surface area (Å²) in [6, 6.07) is 0. The molecule has 0 saturated carbocycles. The Balaban J connectivity index is -0.00000000167. The van der Waals surface area contributed by atoms with Gasteiger partial charge in [0, 0.05) is 0 Å². The van der Waals surface area contributed by atoms with Crippen molar-refractivity contribution in [2.45, 2.75) is 0 Å². The molecule has 35 valence electrons. The molecule has 0 unspecified atom stereocenters. The summed E-state index contributed by atoms with van der Waals surface area (Å²) in [5.41, 5.74) is 0. The second-order valence-electron chi connectivity index (χ2n) is 0. The van der Waals surface area contributed by atoms with Gasteiger partial charge in [-0.05, 0) is 0 Å². The molecule has 0 spiro atoms. The van der Waals surface area contributed by atoms with Crippen LogP contribution in [0.5, 0.6) is 0 Å². The minimum absolute atomic E-state index is 0. The van der Waals surface area contributed by atoms with Crippen LogP contribution in [0.25, 0.3) is 18.5 Å². The van der Waals surface area contributed by atoms with E-state index >= 15 is 0 Å². The molecule has 0 aromatic rings. The summed E-state index contributed by atoms with van der Waals surface area (Å²) in [6.45, 7) is 0. The summed E-state index contributed by atoms with van der Waals surface area (Å²) in [6.07, 6.45) is 0. The van der Waals surface area contributed by atoms with Crippen LogP contribution in [0, 0.1) is 0 Å². The zero-order valence-corrected chi connectivity index (χ0v) is 5.14. The van der Waals surface area contributed by atoms with Gasteiger partial charge in [0.2, 0.25) is 0 Å². The normalized spacial score (nSPS) is 0.800. The molecule has 0 aromatic heterocycles. The SMILES string of the molecule is [NH2-].[NH2-].[NH2-].[O]=[Sb]. The molecular weight excluding hydrogens is 180 g/mol. The van der Waals surface area contributed by atoms with E-state index in [0.717, 1.165) is 0 Å². The van der Waals surface area contributed by atoms with E-state index in [-0.39, 0.29) is 18.5 Å². The first kappa shape index (κ1) is 49.6. The van der Waals surface area contributed by atoms with Gasteiger partial charge in [0.15, 0.2) is 0 Å². The van der Waals surface area contributed by atoms with Crippen LogP contribution >= 0.6 is 0 Å². The number of hydrogen-bond acceptors (Lipinski definition) is 1. The number of nitrogens with two attached hydrogens (primary N) is 3. The second-order valence-corrected chi connectivity index (χ2v) is 0. The van der Waals surface area contributed by atoms with Crippen molar-refractivity contribution in [1.29, 1.82) is 0 Å². The van der Waals surface area contributed by atoms with E-state index in [1.807, 2.05) is 0 Å². The van der Waals surface area contributed by atoms with Crippen LogP contribution in [0.2, 0.25) is 0 Å². The van der Waals surface area contributed by atoms with Crippen LogP contribution in [0.1, 0.15) is 0 Å². The van der Waals surface area contributed by atoms with E-state index in [1.165, 1.54) is 0 Å². The zero-order valence-electron chi connectivity index (χ0n) is 2.59. The zero-order chi connectivity index (χ0) is 2.00. The van der Waals surface area contributed by atoms with Crippen LogP contribution in [0.4, 0.5) is 0 Å². The molecule has 0 amide bonds. The first-order chi connectivity index (χ1) is 1.00. The van der Waals surface area contributed by atoms with Crippen LogP contribution in [-0.2, 0) is 3.02 Å². The predicted octanol–water partition coefficient (Wildman–Crippen LogP) is 1.65. The molecule has 0 aromatic carbocycles. The van der Waals surface area contributed by atoms with Crippen molar-refractivity contribution >= 4 is 23.0 Å². The Morgan fingerprint density at radius 2 is 0.800 bits per heavy atom. The molecule has 1 radical (unpaired) electrons. The van der Waals surface area contributed by atoms with Gasteiger partial charge in [0.05, 0.1) is 0 Å². The Labute approximate surface area is 45.0 Å². The number of hydrogen-bond donors (Lipinski definition) is 0. The third-order valence-corrected chi connectivity index (χ3v) is 0. The summed E-state index contributed by atoms with van der Waals surface area (Å²) >= 11 is 0.500. The maximum atomic E-state index is 8.30. The van der Waals surface area contributed by atoms with Crippen molar-refractivity contribution in [2.24, 2.45) is 0 Å². The van der Waals surface area contributed by atoms with Gasteiger partial charge in [0.1, 0.15) is 0 Å². The van der Waals surface area contributed by atoms with E-state index < -0.39 is 0 Å². The quantitative estimate of drug-likeness (QED) is 0.525. The molecule has 5 heteroatoms. The second kappa shape index (κ2) is 222. The van der Waals surface area contributed by atoms with E-state index in [2.05, 4.69) is 0 Å². The standard InChI is InChI=1S/3H2N.O.Sb/h3*1H2;;/q3*-1;;. The average Bonchev–Trinajstić information content (AvgIpc) is 1.00. The van der Waals surface area contributed by atoms with Crippen molar-refractivity contribution in [3.05, 3.63) is 18.5 Å². The van der Waals surface area contributed by atoms with Gasteiger partial charge in [-0.3, -0.25) is 0 Å².